The lowest BCUT2D eigenvalue weighted by atomic mass is 10.1. The molecule has 1 aromatic carbocycles. The van der Waals surface area contributed by atoms with Gasteiger partial charge in [-0.25, -0.2) is 4.99 Å². The molecule has 130 valence electrons. The molecule has 0 saturated heterocycles. The molecule has 0 saturated carbocycles. The Morgan fingerprint density at radius 1 is 1.17 bits per heavy atom. The molecule has 0 heterocycles. The minimum absolute atomic E-state index is 0.00435. The lowest BCUT2D eigenvalue weighted by Gasteiger charge is -2.13. The van der Waals surface area contributed by atoms with Crippen LogP contribution in [0.1, 0.15) is 32.8 Å². The first-order chi connectivity index (χ1) is 11.0. The zero-order valence-electron chi connectivity index (χ0n) is 14.8. The van der Waals surface area contributed by atoms with Crippen LogP contribution in [0.3, 0.4) is 0 Å². The van der Waals surface area contributed by atoms with Crippen molar-refractivity contribution < 1.29 is 14.6 Å². The largest absolute Gasteiger partial charge is 0.502 e. The van der Waals surface area contributed by atoms with Gasteiger partial charge in [0.1, 0.15) is 0 Å². The summed E-state index contributed by atoms with van der Waals surface area (Å²) in [5, 5.41) is 16.5. The lowest BCUT2D eigenvalue weighted by molar-refractivity contribution is 0.339. The fraction of sp³-hybridized carbons (Fsp3) is 0.588. The molecular formula is C17H29N3O3. The molecule has 1 aromatic rings. The second-order valence-corrected chi connectivity index (χ2v) is 5.65. The standard InChI is InChI=1S/C17H29N3O3/c1-6-18-17(19-8-7-12(2)3)20-11-13-9-14(22-4)16(21)15(10-13)23-5/h9-10,12,21H,6-8,11H2,1-5H3,(H2,18,19,20). The van der Waals surface area contributed by atoms with Crippen molar-refractivity contribution in [3.05, 3.63) is 17.7 Å². The highest BCUT2D eigenvalue weighted by molar-refractivity contribution is 5.79. The van der Waals surface area contributed by atoms with Gasteiger partial charge < -0.3 is 25.2 Å². The summed E-state index contributed by atoms with van der Waals surface area (Å²) in [6, 6.07) is 3.53. The molecule has 0 unspecified atom stereocenters. The molecule has 6 nitrogen and oxygen atoms in total. The molecule has 0 fully saturated rings. The van der Waals surface area contributed by atoms with Gasteiger partial charge in [0.2, 0.25) is 5.75 Å². The molecule has 1 rings (SSSR count). The summed E-state index contributed by atoms with van der Waals surface area (Å²) in [7, 11) is 3.03. The molecule has 0 atom stereocenters. The molecule has 0 aliphatic heterocycles. The molecule has 3 N–H and O–H groups in total. The van der Waals surface area contributed by atoms with Gasteiger partial charge in [-0.3, -0.25) is 0 Å². The van der Waals surface area contributed by atoms with Crippen LogP contribution in [0, 0.1) is 5.92 Å². The molecular weight excluding hydrogens is 294 g/mol. The molecule has 0 aliphatic carbocycles. The number of phenols is 1. The number of ether oxygens (including phenoxy) is 2. The Balaban J connectivity index is 2.81. The predicted octanol–water partition coefficient (Wildman–Crippen LogP) is 2.51. The molecule has 23 heavy (non-hydrogen) atoms. The second kappa shape index (κ2) is 9.82. The highest BCUT2D eigenvalue weighted by Gasteiger charge is 2.11. The van der Waals surface area contributed by atoms with Crippen LogP contribution in [0.15, 0.2) is 17.1 Å². The minimum Gasteiger partial charge on any atom is -0.502 e. The van der Waals surface area contributed by atoms with Crippen LogP contribution in [-0.4, -0.2) is 38.4 Å². The van der Waals surface area contributed by atoms with Crippen molar-refractivity contribution in [2.24, 2.45) is 10.9 Å². The number of hydrogen-bond acceptors (Lipinski definition) is 4. The summed E-state index contributed by atoms with van der Waals surface area (Å²) < 4.78 is 10.3. The van der Waals surface area contributed by atoms with E-state index in [4.69, 9.17) is 9.47 Å². The highest BCUT2D eigenvalue weighted by Crippen LogP contribution is 2.37. The quantitative estimate of drug-likeness (QED) is 0.506. The summed E-state index contributed by atoms with van der Waals surface area (Å²) in [5.74, 6) is 2.19. The summed E-state index contributed by atoms with van der Waals surface area (Å²) in [6.45, 7) is 8.57. The first-order valence-electron chi connectivity index (χ1n) is 7.97. The smallest absolute Gasteiger partial charge is 0.200 e. The van der Waals surface area contributed by atoms with Gasteiger partial charge >= 0.3 is 0 Å². The molecule has 0 amide bonds. The number of aliphatic imine (C=N–C) groups is 1. The third kappa shape index (κ3) is 6.26. The second-order valence-electron chi connectivity index (χ2n) is 5.65. The summed E-state index contributed by atoms with van der Waals surface area (Å²) >= 11 is 0. The average Bonchev–Trinajstić information content (AvgIpc) is 2.53. The van der Waals surface area contributed by atoms with Crippen LogP contribution in [-0.2, 0) is 6.54 Å². The SMILES string of the molecule is CCNC(=NCc1cc(OC)c(O)c(OC)c1)NCCC(C)C. The van der Waals surface area contributed by atoms with Crippen molar-refractivity contribution in [3.8, 4) is 17.2 Å². The number of methoxy groups -OCH3 is 2. The molecule has 0 spiro atoms. The molecule has 0 aromatic heterocycles. The molecule has 0 bridgehead atoms. The van der Waals surface area contributed by atoms with E-state index in [0.29, 0.717) is 24.0 Å². The van der Waals surface area contributed by atoms with Crippen LogP contribution in [0.4, 0.5) is 0 Å². The van der Waals surface area contributed by atoms with Crippen molar-refractivity contribution in [2.45, 2.75) is 33.7 Å². The van der Waals surface area contributed by atoms with E-state index < -0.39 is 0 Å². The highest BCUT2D eigenvalue weighted by atomic mass is 16.5. The maximum Gasteiger partial charge on any atom is 0.200 e. The van der Waals surface area contributed by atoms with Gasteiger partial charge in [-0.05, 0) is 37.0 Å². The Hall–Kier alpha value is -2.11. The fourth-order valence-corrected chi connectivity index (χ4v) is 2.03. The molecule has 0 radical (unpaired) electrons. The Labute approximate surface area is 138 Å². The van der Waals surface area contributed by atoms with Crippen LogP contribution in [0.25, 0.3) is 0 Å². The number of nitrogens with one attached hydrogen (secondary N) is 2. The summed E-state index contributed by atoms with van der Waals surface area (Å²) in [4.78, 5) is 4.56. The Bertz CT molecular complexity index is 491. The zero-order valence-corrected chi connectivity index (χ0v) is 14.8. The summed E-state index contributed by atoms with van der Waals surface area (Å²) in [5.41, 5.74) is 0.901. The van der Waals surface area contributed by atoms with E-state index in [0.717, 1.165) is 31.0 Å². The van der Waals surface area contributed by atoms with Crippen molar-refractivity contribution in [1.29, 1.82) is 0 Å². The number of hydrogen-bond donors (Lipinski definition) is 3. The van der Waals surface area contributed by atoms with E-state index in [-0.39, 0.29) is 5.75 Å². The monoisotopic (exact) mass is 323 g/mol. The number of nitrogens with zero attached hydrogens (tertiary/aromatic N) is 1. The number of benzene rings is 1. The number of rotatable bonds is 8. The van der Waals surface area contributed by atoms with Gasteiger partial charge in [-0.1, -0.05) is 13.8 Å². The van der Waals surface area contributed by atoms with Gasteiger partial charge in [-0.2, -0.15) is 0 Å². The maximum atomic E-state index is 9.93. The Kier molecular flexibility index (Phi) is 8.08. The normalized spacial score (nSPS) is 11.5. The molecule has 6 heteroatoms. The number of aromatic hydroxyl groups is 1. The van der Waals surface area contributed by atoms with E-state index in [1.807, 2.05) is 6.92 Å². The first kappa shape index (κ1) is 18.9. The van der Waals surface area contributed by atoms with Gasteiger partial charge in [-0.15, -0.1) is 0 Å². The lowest BCUT2D eigenvalue weighted by Crippen LogP contribution is -2.38. The average molecular weight is 323 g/mol. The minimum atomic E-state index is 0.00435. The third-order valence-corrected chi connectivity index (χ3v) is 3.32. The van der Waals surface area contributed by atoms with E-state index in [1.54, 1.807) is 12.1 Å². The van der Waals surface area contributed by atoms with Gasteiger partial charge in [0.05, 0.1) is 20.8 Å². The predicted molar refractivity (Wildman–Crippen MR) is 93.5 cm³/mol. The van der Waals surface area contributed by atoms with Gasteiger partial charge in [0.15, 0.2) is 17.5 Å². The summed E-state index contributed by atoms with van der Waals surface area (Å²) in [6.07, 6.45) is 1.09. The van der Waals surface area contributed by atoms with E-state index in [2.05, 4.69) is 29.5 Å². The number of guanidine groups is 1. The topological polar surface area (TPSA) is 75.1 Å². The van der Waals surface area contributed by atoms with Crippen molar-refractivity contribution in [2.75, 3.05) is 27.3 Å². The van der Waals surface area contributed by atoms with E-state index >= 15 is 0 Å². The van der Waals surface area contributed by atoms with Gasteiger partial charge in [0.25, 0.3) is 0 Å². The van der Waals surface area contributed by atoms with E-state index in [9.17, 15) is 5.11 Å². The van der Waals surface area contributed by atoms with Gasteiger partial charge in [0, 0.05) is 13.1 Å². The van der Waals surface area contributed by atoms with Crippen molar-refractivity contribution in [1.82, 2.24) is 10.6 Å². The molecule has 0 aliphatic rings. The van der Waals surface area contributed by atoms with Crippen LogP contribution < -0.4 is 20.1 Å². The fourth-order valence-electron chi connectivity index (χ4n) is 2.03. The van der Waals surface area contributed by atoms with Crippen LogP contribution >= 0.6 is 0 Å². The van der Waals surface area contributed by atoms with Crippen molar-refractivity contribution in [3.63, 3.8) is 0 Å². The number of phenolic OH excluding ortho intramolecular Hbond substituents is 1. The van der Waals surface area contributed by atoms with E-state index in [1.165, 1.54) is 14.2 Å². The third-order valence-electron chi connectivity index (χ3n) is 3.32. The van der Waals surface area contributed by atoms with Crippen molar-refractivity contribution >= 4 is 5.96 Å². The first-order valence-corrected chi connectivity index (χ1v) is 7.97. The zero-order chi connectivity index (χ0) is 17.2. The Morgan fingerprint density at radius 3 is 2.26 bits per heavy atom. The Morgan fingerprint density at radius 2 is 1.78 bits per heavy atom. The van der Waals surface area contributed by atoms with Crippen LogP contribution in [0.2, 0.25) is 0 Å². The van der Waals surface area contributed by atoms with Crippen LogP contribution in [0.5, 0.6) is 17.2 Å². The maximum absolute atomic E-state index is 9.93.